The van der Waals surface area contributed by atoms with Crippen LogP contribution in [0.5, 0.6) is 0 Å². The van der Waals surface area contributed by atoms with Gasteiger partial charge in [-0.1, -0.05) is 11.6 Å². The average Bonchev–Trinajstić information content (AvgIpc) is 2.37. The molecule has 1 aromatic carbocycles. The molecule has 1 aliphatic rings. The van der Waals surface area contributed by atoms with Crippen molar-refractivity contribution in [2.75, 3.05) is 6.61 Å². The van der Waals surface area contributed by atoms with E-state index < -0.39 is 15.9 Å². The lowest BCUT2D eigenvalue weighted by Gasteiger charge is -2.28. The Labute approximate surface area is 128 Å². The van der Waals surface area contributed by atoms with Gasteiger partial charge in [-0.05, 0) is 38.0 Å². The van der Waals surface area contributed by atoms with Crippen LogP contribution in [0.25, 0.3) is 0 Å². The highest BCUT2D eigenvalue weighted by atomic mass is 35.5. The summed E-state index contributed by atoms with van der Waals surface area (Å²) in [5, 5.41) is 8.09. The predicted octanol–water partition coefficient (Wildman–Crippen LogP) is 1.28. The third kappa shape index (κ3) is 4.16. The zero-order valence-corrected chi connectivity index (χ0v) is 13.1. The molecule has 21 heavy (non-hydrogen) atoms. The minimum atomic E-state index is -3.88. The minimum absolute atomic E-state index is 0.0181. The number of nitrogens with two attached hydrogens (primary N) is 1. The maximum absolute atomic E-state index is 12.2. The fourth-order valence-corrected chi connectivity index (χ4v) is 2.99. The molecule has 2 unspecified atom stereocenters. The first-order valence-corrected chi connectivity index (χ1v) is 8.44. The number of hydrogen-bond acceptors (Lipinski definition) is 4. The lowest BCUT2D eigenvalue weighted by Crippen LogP contribution is -2.41. The molecule has 1 aliphatic heterocycles. The highest BCUT2D eigenvalue weighted by molar-refractivity contribution is 7.89. The van der Waals surface area contributed by atoms with Gasteiger partial charge in [0.1, 0.15) is 0 Å². The lowest BCUT2D eigenvalue weighted by molar-refractivity contribution is 0.0136. The van der Waals surface area contributed by atoms with Crippen LogP contribution in [0.4, 0.5) is 0 Å². The lowest BCUT2D eigenvalue weighted by atomic mass is 10.0. The summed E-state index contributed by atoms with van der Waals surface area (Å²) < 4.78 is 28.1. The maximum Gasteiger partial charge on any atom is 0.253 e. The average molecular weight is 333 g/mol. The van der Waals surface area contributed by atoms with Gasteiger partial charge in [-0.15, -0.1) is 0 Å². The summed E-state index contributed by atoms with van der Waals surface area (Å²) in [6.45, 7) is 2.52. The third-order valence-corrected chi connectivity index (χ3v) is 4.57. The van der Waals surface area contributed by atoms with Crippen LogP contribution in [0.3, 0.4) is 0 Å². The van der Waals surface area contributed by atoms with Crippen LogP contribution in [0, 0.1) is 0 Å². The third-order valence-electron chi connectivity index (χ3n) is 3.33. The van der Waals surface area contributed by atoms with E-state index in [1.54, 1.807) is 0 Å². The van der Waals surface area contributed by atoms with E-state index in [1.807, 2.05) is 6.92 Å². The maximum atomic E-state index is 12.2. The highest BCUT2D eigenvalue weighted by Crippen LogP contribution is 2.21. The molecule has 0 radical (unpaired) electrons. The van der Waals surface area contributed by atoms with Crippen LogP contribution in [0.2, 0.25) is 5.02 Å². The van der Waals surface area contributed by atoms with Gasteiger partial charge in [0.15, 0.2) is 0 Å². The van der Waals surface area contributed by atoms with Crippen LogP contribution >= 0.6 is 11.6 Å². The Morgan fingerprint density at radius 2 is 2.19 bits per heavy atom. The van der Waals surface area contributed by atoms with Crippen molar-refractivity contribution < 1.29 is 17.9 Å². The predicted molar refractivity (Wildman–Crippen MR) is 78.7 cm³/mol. The van der Waals surface area contributed by atoms with Crippen molar-refractivity contribution in [3.05, 3.63) is 28.8 Å². The smallest absolute Gasteiger partial charge is 0.253 e. The second-order valence-corrected chi connectivity index (χ2v) is 7.03. The summed E-state index contributed by atoms with van der Waals surface area (Å²) in [5.74, 6) is -0.412. The van der Waals surface area contributed by atoms with Crippen molar-refractivity contribution in [2.24, 2.45) is 5.14 Å². The van der Waals surface area contributed by atoms with Gasteiger partial charge in [0, 0.05) is 12.6 Å². The van der Waals surface area contributed by atoms with E-state index in [9.17, 15) is 13.2 Å². The molecule has 2 rings (SSSR count). The molecule has 0 aliphatic carbocycles. The van der Waals surface area contributed by atoms with E-state index in [1.165, 1.54) is 18.2 Å². The topological polar surface area (TPSA) is 98.5 Å². The number of nitrogens with one attached hydrogen (secondary N) is 1. The second-order valence-electron chi connectivity index (χ2n) is 5.06. The monoisotopic (exact) mass is 332 g/mol. The molecule has 116 valence electrons. The van der Waals surface area contributed by atoms with E-state index in [4.69, 9.17) is 21.5 Å². The fraction of sp³-hybridized carbons (Fsp3) is 0.462. The molecule has 0 bridgehead atoms. The summed E-state index contributed by atoms with van der Waals surface area (Å²) in [6.07, 6.45) is 1.50. The van der Waals surface area contributed by atoms with Gasteiger partial charge >= 0.3 is 0 Å². The summed E-state index contributed by atoms with van der Waals surface area (Å²) in [6, 6.07) is 3.79. The number of benzene rings is 1. The molecule has 6 nitrogen and oxygen atoms in total. The van der Waals surface area contributed by atoms with Crippen LogP contribution < -0.4 is 10.5 Å². The highest BCUT2D eigenvalue weighted by Gasteiger charge is 2.23. The Bertz CT molecular complexity index is 648. The van der Waals surface area contributed by atoms with E-state index in [0.717, 1.165) is 0 Å². The first kappa shape index (κ1) is 16.2. The molecular weight excluding hydrogens is 316 g/mol. The summed E-state index contributed by atoms with van der Waals surface area (Å²) in [4.78, 5) is 12.1. The van der Waals surface area contributed by atoms with Crippen molar-refractivity contribution in [3.8, 4) is 0 Å². The Morgan fingerprint density at radius 3 is 2.81 bits per heavy atom. The zero-order valence-electron chi connectivity index (χ0n) is 11.5. The summed E-state index contributed by atoms with van der Waals surface area (Å²) in [7, 11) is -3.88. The quantitative estimate of drug-likeness (QED) is 0.871. The Balaban J connectivity index is 2.18. The molecule has 0 aromatic heterocycles. The zero-order chi connectivity index (χ0) is 15.6. The molecule has 3 N–H and O–H groups in total. The van der Waals surface area contributed by atoms with Crippen molar-refractivity contribution >= 4 is 27.5 Å². The van der Waals surface area contributed by atoms with E-state index in [0.29, 0.717) is 19.4 Å². The van der Waals surface area contributed by atoms with E-state index in [-0.39, 0.29) is 27.6 Å². The first-order valence-electron chi connectivity index (χ1n) is 6.52. The van der Waals surface area contributed by atoms with Crippen LogP contribution in [0.1, 0.15) is 30.1 Å². The number of carbonyl (C=O) groups excluding carboxylic acids is 1. The van der Waals surface area contributed by atoms with Gasteiger partial charge in [0.05, 0.1) is 21.6 Å². The summed E-state index contributed by atoms with van der Waals surface area (Å²) in [5.41, 5.74) is 0.0994. The Morgan fingerprint density at radius 1 is 1.48 bits per heavy atom. The van der Waals surface area contributed by atoms with E-state index in [2.05, 4.69) is 5.32 Å². The SMILES string of the molecule is CC1CC(NC(=O)c2cc(S(N)(=O)=O)ccc2Cl)CCO1. The number of halogens is 1. The van der Waals surface area contributed by atoms with Gasteiger partial charge in [-0.25, -0.2) is 13.6 Å². The Kier molecular flexibility index (Phi) is 4.88. The molecular formula is C13H17ClN2O4S. The largest absolute Gasteiger partial charge is 0.378 e. The van der Waals surface area contributed by atoms with Crippen LogP contribution in [-0.2, 0) is 14.8 Å². The van der Waals surface area contributed by atoms with Crippen LogP contribution in [-0.4, -0.2) is 33.1 Å². The number of rotatable bonds is 3. The van der Waals surface area contributed by atoms with Crippen molar-refractivity contribution in [1.29, 1.82) is 0 Å². The number of sulfonamides is 1. The van der Waals surface area contributed by atoms with Crippen molar-refractivity contribution in [1.82, 2.24) is 5.32 Å². The first-order chi connectivity index (χ1) is 9.77. The van der Waals surface area contributed by atoms with Gasteiger partial charge in [-0.3, -0.25) is 4.79 Å². The normalized spacial score (nSPS) is 22.8. The molecule has 2 atom stereocenters. The molecule has 1 heterocycles. The number of primary sulfonamides is 1. The number of hydrogen-bond donors (Lipinski definition) is 2. The van der Waals surface area contributed by atoms with E-state index >= 15 is 0 Å². The van der Waals surface area contributed by atoms with Crippen molar-refractivity contribution in [3.63, 3.8) is 0 Å². The molecule has 1 amide bonds. The van der Waals surface area contributed by atoms with Gasteiger partial charge < -0.3 is 10.1 Å². The summed E-state index contributed by atoms with van der Waals surface area (Å²) >= 11 is 5.97. The number of carbonyl (C=O) groups is 1. The molecule has 0 spiro atoms. The molecule has 1 fully saturated rings. The van der Waals surface area contributed by atoms with Gasteiger partial charge in [0.25, 0.3) is 5.91 Å². The molecule has 8 heteroatoms. The number of ether oxygens (including phenoxy) is 1. The molecule has 0 saturated carbocycles. The number of amides is 1. The van der Waals surface area contributed by atoms with Crippen molar-refractivity contribution in [2.45, 2.75) is 36.8 Å². The van der Waals surface area contributed by atoms with Gasteiger partial charge in [0.2, 0.25) is 10.0 Å². The van der Waals surface area contributed by atoms with Gasteiger partial charge in [-0.2, -0.15) is 0 Å². The molecule has 1 aromatic rings. The van der Waals surface area contributed by atoms with Crippen LogP contribution in [0.15, 0.2) is 23.1 Å². The standard InChI is InChI=1S/C13H17ClN2O4S/c1-8-6-9(4-5-20-8)16-13(17)11-7-10(21(15,18)19)2-3-12(11)14/h2-3,7-9H,4-6H2,1H3,(H,16,17)(H2,15,18,19). The fourth-order valence-electron chi connectivity index (χ4n) is 2.25. The minimum Gasteiger partial charge on any atom is -0.378 e. The second kappa shape index (κ2) is 6.31. The Hall–Kier alpha value is -1.15. The molecule has 1 saturated heterocycles.